The number of carboxylic acid groups (broad SMARTS) is 2. The second-order valence-corrected chi connectivity index (χ2v) is 6.50. The van der Waals surface area contributed by atoms with Crippen LogP contribution < -0.4 is 5.32 Å². The van der Waals surface area contributed by atoms with Crippen LogP contribution in [0.1, 0.15) is 17.5 Å². The van der Waals surface area contributed by atoms with Crippen LogP contribution in [0.15, 0.2) is 48.6 Å². The summed E-state index contributed by atoms with van der Waals surface area (Å²) in [5, 5.41) is 28.1. The molecule has 0 aromatic heterocycles. The summed E-state index contributed by atoms with van der Waals surface area (Å²) in [7, 11) is 0. The fraction of sp³-hybridized carbons (Fsp3) is 0.227. The largest absolute Gasteiger partial charge is 0.478 e. The number of halogens is 2. The molecule has 1 aliphatic rings. The van der Waals surface area contributed by atoms with Crippen LogP contribution in [0.2, 0.25) is 0 Å². The molecule has 1 atom stereocenters. The lowest BCUT2D eigenvalue weighted by Crippen LogP contribution is -2.17. The van der Waals surface area contributed by atoms with E-state index in [1.54, 1.807) is 18.2 Å². The predicted molar refractivity (Wildman–Crippen MR) is 107 cm³/mol. The van der Waals surface area contributed by atoms with Crippen LogP contribution in [0.25, 0.3) is 11.1 Å². The molecule has 1 heterocycles. The average molecular weight is 430 g/mol. The van der Waals surface area contributed by atoms with Gasteiger partial charge in [-0.25, -0.2) is 18.4 Å². The van der Waals surface area contributed by atoms with Crippen LogP contribution in [0, 0.1) is 23.0 Å². The summed E-state index contributed by atoms with van der Waals surface area (Å²) in [4.78, 5) is 19.1. The highest BCUT2D eigenvalue weighted by atomic mass is 19.1. The lowest BCUT2D eigenvalue weighted by Gasteiger charge is -2.15. The van der Waals surface area contributed by atoms with Crippen molar-refractivity contribution in [1.82, 2.24) is 5.32 Å². The third kappa shape index (κ3) is 7.29. The Kier molecular flexibility index (Phi) is 8.81. The number of nitrogens with one attached hydrogen (secondary N) is 1. The third-order valence-corrected chi connectivity index (χ3v) is 4.36. The minimum atomic E-state index is -1.26. The van der Waals surface area contributed by atoms with Crippen LogP contribution in [0.5, 0.6) is 0 Å². The monoisotopic (exact) mass is 430 g/mol. The molecule has 0 spiro atoms. The molecule has 7 nitrogen and oxygen atoms in total. The molecule has 3 rings (SSSR count). The SMILES string of the molecule is N#Cc1cccc(-c2cc(F)ccc2F)c1CO[C@H]1CCNC1.O=C(O)C=CC(=O)O. The fourth-order valence-corrected chi connectivity index (χ4v) is 2.92. The molecule has 9 heteroatoms. The van der Waals surface area contributed by atoms with E-state index in [1.165, 1.54) is 0 Å². The molecule has 3 N–H and O–H groups in total. The van der Waals surface area contributed by atoms with E-state index in [0.717, 1.165) is 37.7 Å². The number of hydrogen-bond acceptors (Lipinski definition) is 5. The Bertz CT molecular complexity index is 995. The zero-order chi connectivity index (χ0) is 22.8. The van der Waals surface area contributed by atoms with Crippen molar-refractivity contribution in [2.24, 2.45) is 0 Å². The second-order valence-electron chi connectivity index (χ2n) is 6.50. The van der Waals surface area contributed by atoms with Gasteiger partial charge < -0.3 is 20.3 Å². The molecule has 0 bridgehead atoms. The number of benzene rings is 2. The van der Waals surface area contributed by atoms with Crippen LogP contribution in [-0.2, 0) is 20.9 Å². The maximum atomic E-state index is 14.1. The molecule has 0 radical (unpaired) electrons. The van der Waals surface area contributed by atoms with Gasteiger partial charge in [-0.3, -0.25) is 0 Å². The molecule has 1 saturated heterocycles. The summed E-state index contributed by atoms with van der Waals surface area (Å²) in [5.74, 6) is -3.55. The third-order valence-electron chi connectivity index (χ3n) is 4.36. The molecule has 0 saturated carbocycles. The summed E-state index contributed by atoms with van der Waals surface area (Å²) in [5.41, 5.74) is 1.64. The summed E-state index contributed by atoms with van der Waals surface area (Å²) in [6, 6.07) is 10.4. The van der Waals surface area contributed by atoms with Gasteiger partial charge in [0.1, 0.15) is 11.6 Å². The summed E-state index contributed by atoms with van der Waals surface area (Å²) in [6.45, 7) is 1.86. The average Bonchev–Trinajstić information content (AvgIpc) is 3.26. The molecule has 0 amide bonds. The topological polar surface area (TPSA) is 120 Å². The first kappa shape index (κ1) is 23.7. The van der Waals surface area contributed by atoms with Crippen LogP contribution in [0.4, 0.5) is 8.78 Å². The Morgan fingerprint density at radius 2 is 1.87 bits per heavy atom. The first-order chi connectivity index (χ1) is 14.8. The predicted octanol–water partition coefficient (Wildman–Crippen LogP) is 3.09. The number of rotatable bonds is 6. The minimum Gasteiger partial charge on any atom is -0.478 e. The zero-order valence-corrected chi connectivity index (χ0v) is 16.3. The van der Waals surface area contributed by atoms with E-state index in [2.05, 4.69) is 11.4 Å². The number of nitrogens with zero attached hydrogens (tertiary/aromatic N) is 1. The van der Waals surface area contributed by atoms with E-state index in [-0.39, 0.29) is 18.3 Å². The van der Waals surface area contributed by atoms with Crippen molar-refractivity contribution in [1.29, 1.82) is 5.26 Å². The Balaban J connectivity index is 0.000000366. The van der Waals surface area contributed by atoms with Crippen molar-refractivity contribution in [3.8, 4) is 17.2 Å². The zero-order valence-electron chi connectivity index (χ0n) is 16.3. The minimum absolute atomic E-state index is 0.0759. The quantitative estimate of drug-likeness (QED) is 0.603. The van der Waals surface area contributed by atoms with Crippen molar-refractivity contribution >= 4 is 11.9 Å². The van der Waals surface area contributed by atoms with E-state index in [0.29, 0.717) is 28.8 Å². The molecule has 2 aromatic rings. The molecule has 31 heavy (non-hydrogen) atoms. The van der Waals surface area contributed by atoms with Gasteiger partial charge in [0.25, 0.3) is 0 Å². The van der Waals surface area contributed by atoms with Gasteiger partial charge in [-0.15, -0.1) is 0 Å². The van der Waals surface area contributed by atoms with Crippen molar-refractivity contribution in [3.63, 3.8) is 0 Å². The molecule has 1 aliphatic heterocycles. The van der Waals surface area contributed by atoms with Crippen LogP contribution >= 0.6 is 0 Å². The number of carboxylic acids is 2. The smallest absolute Gasteiger partial charge is 0.328 e. The standard InChI is InChI=1S/C18H16F2N2O.C4H4O4/c19-13-4-5-18(20)16(8-13)15-3-1-2-12(9-21)17(15)11-23-14-6-7-22-10-14;5-3(6)1-2-4(7)8/h1-5,8,14,22H,6-7,10-11H2;1-2H,(H,5,6)(H,7,8)/t14-;/m0./s1. The van der Waals surface area contributed by atoms with Crippen molar-refractivity contribution in [2.75, 3.05) is 13.1 Å². The molecule has 1 fully saturated rings. The first-order valence-electron chi connectivity index (χ1n) is 9.25. The molecular weight excluding hydrogens is 410 g/mol. The Hall–Kier alpha value is -3.61. The van der Waals surface area contributed by atoms with E-state index in [4.69, 9.17) is 14.9 Å². The Morgan fingerprint density at radius 3 is 2.45 bits per heavy atom. The second kappa shape index (κ2) is 11.5. The maximum Gasteiger partial charge on any atom is 0.328 e. The van der Waals surface area contributed by atoms with Gasteiger partial charge in [-0.1, -0.05) is 12.1 Å². The Morgan fingerprint density at radius 1 is 1.16 bits per heavy atom. The first-order valence-corrected chi connectivity index (χ1v) is 9.25. The Labute approximate surface area is 177 Å². The molecule has 162 valence electrons. The lowest BCUT2D eigenvalue weighted by atomic mass is 9.95. The van der Waals surface area contributed by atoms with Crippen molar-refractivity contribution in [3.05, 3.63) is 71.3 Å². The molecular formula is C22H20F2N2O5. The van der Waals surface area contributed by atoms with Crippen molar-refractivity contribution in [2.45, 2.75) is 19.1 Å². The van der Waals surface area contributed by atoms with Gasteiger partial charge in [-0.2, -0.15) is 5.26 Å². The summed E-state index contributed by atoms with van der Waals surface area (Å²) < 4.78 is 33.5. The highest BCUT2D eigenvalue weighted by Gasteiger charge is 2.18. The number of ether oxygens (including phenoxy) is 1. The number of aliphatic carboxylic acids is 2. The number of carbonyl (C=O) groups is 2. The summed E-state index contributed by atoms with van der Waals surface area (Å²) >= 11 is 0. The van der Waals surface area contributed by atoms with Gasteiger partial charge in [-0.05, 0) is 42.8 Å². The van der Waals surface area contributed by atoms with E-state index in [9.17, 15) is 23.6 Å². The van der Waals surface area contributed by atoms with Crippen LogP contribution in [0.3, 0.4) is 0 Å². The van der Waals surface area contributed by atoms with Gasteiger partial charge in [0.2, 0.25) is 0 Å². The number of hydrogen-bond donors (Lipinski definition) is 3. The fourth-order valence-electron chi connectivity index (χ4n) is 2.92. The van der Waals surface area contributed by atoms with E-state index in [1.807, 2.05) is 0 Å². The normalized spacial score (nSPS) is 15.2. The van der Waals surface area contributed by atoms with E-state index >= 15 is 0 Å². The number of nitriles is 1. The van der Waals surface area contributed by atoms with Gasteiger partial charge in [0.05, 0.1) is 24.3 Å². The van der Waals surface area contributed by atoms with Crippen molar-refractivity contribution < 1.29 is 33.3 Å². The molecule has 0 aliphatic carbocycles. The van der Waals surface area contributed by atoms with Gasteiger partial charge in [0.15, 0.2) is 0 Å². The molecule has 2 aromatic carbocycles. The van der Waals surface area contributed by atoms with Gasteiger partial charge >= 0.3 is 11.9 Å². The highest BCUT2D eigenvalue weighted by Crippen LogP contribution is 2.30. The maximum absolute atomic E-state index is 14.1. The lowest BCUT2D eigenvalue weighted by molar-refractivity contribution is -0.134. The van der Waals surface area contributed by atoms with Crippen LogP contribution in [-0.4, -0.2) is 41.3 Å². The van der Waals surface area contributed by atoms with E-state index < -0.39 is 23.6 Å². The van der Waals surface area contributed by atoms with Gasteiger partial charge in [0, 0.05) is 29.8 Å². The highest BCUT2D eigenvalue weighted by molar-refractivity contribution is 5.89. The summed E-state index contributed by atoms with van der Waals surface area (Å²) in [6.07, 6.45) is 2.09. The molecule has 0 unspecified atom stereocenters.